The topological polar surface area (TPSA) is 76.9 Å². The van der Waals surface area contributed by atoms with Crippen LogP contribution in [-0.4, -0.2) is 38.6 Å². The van der Waals surface area contributed by atoms with E-state index in [9.17, 15) is 4.39 Å². The number of halogens is 1. The molecule has 0 amide bonds. The zero-order valence-electron chi connectivity index (χ0n) is 15.3. The number of methoxy groups -OCH3 is 1. The van der Waals surface area contributed by atoms with Crippen LogP contribution >= 0.6 is 0 Å². The van der Waals surface area contributed by atoms with E-state index < -0.39 is 5.95 Å². The molecule has 0 aromatic carbocycles. The number of pyridine rings is 1. The Kier molecular flexibility index (Phi) is 4.39. The molecule has 4 heterocycles. The van der Waals surface area contributed by atoms with Crippen molar-refractivity contribution < 1.29 is 9.13 Å². The van der Waals surface area contributed by atoms with Crippen LogP contribution in [0.25, 0.3) is 11.6 Å². The Morgan fingerprint density at radius 1 is 1.15 bits per heavy atom. The number of nitrogens with zero attached hydrogens (tertiary/aromatic N) is 6. The monoisotopic (exact) mass is 366 g/mol. The number of hydrogen-bond acceptors (Lipinski definition) is 7. The van der Waals surface area contributed by atoms with Crippen LogP contribution in [0.15, 0.2) is 30.7 Å². The number of aromatic nitrogens is 5. The Morgan fingerprint density at radius 3 is 2.67 bits per heavy atom. The molecule has 4 rings (SSSR count). The molecule has 0 aliphatic carbocycles. The Balaban J connectivity index is 1.68. The van der Waals surface area contributed by atoms with Gasteiger partial charge in [0, 0.05) is 48.7 Å². The third kappa shape index (κ3) is 3.07. The molecule has 3 aromatic heterocycles. The van der Waals surface area contributed by atoms with Gasteiger partial charge in [-0.1, -0.05) is 0 Å². The molecule has 0 N–H and O–H groups in total. The van der Waals surface area contributed by atoms with Crippen molar-refractivity contribution in [3.05, 3.63) is 53.5 Å². The van der Waals surface area contributed by atoms with Gasteiger partial charge in [-0.2, -0.15) is 4.39 Å². The van der Waals surface area contributed by atoms with E-state index in [1.54, 1.807) is 37.6 Å². The lowest BCUT2D eigenvalue weighted by Crippen LogP contribution is -2.35. The summed E-state index contributed by atoms with van der Waals surface area (Å²) in [7, 11) is 1.53. The number of fused-ring (bicyclic) bond motifs is 1. The van der Waals surface area contributed by atoms with Crippen molar-refractivity contribution in [1.82, 2.24) is 24.9 Å². The van der Waals surface area contributed by atoms with Gasteiger partial charge >= 0.3 is 0 Å². The first-order valence-corrected chi connectivity index (χ1v) is 8.69. The van der Waals surface area contributed by atoms with Gasteiger partial charge in [0.25, 0.3) is 0 Å². The van der Waals surface area contributed by atoms with Gasteiger partial charge in [-0.25, -0.2) is 24.9 Å². The third-order valence-corrected chi connectivity index (χ3v) is 4.84. The molecule has 0 spiro atoms. The molecule has 0 bridgehead atoms. The summed E-state index contributed by atoms with van der Waals surface area (Å²) in [6.07, 6.45) is 5.83. The van der Waals surface area contributed by atoms with Crippen LogP contribution in [0.5, 0.6) is 5.75 Å². The van der Waals surface area contributed by atoms with Crippen molar-refractivity contribution in [3.8, 4) is 17.4 Å². The van der Waals surface area contributed by atoms with Crippen LogP contribution in [-0.2, 0) is 6.42 Å². The summed E-state index contributed by atoms with van der Waals surface area (Å²) in [4.78, 5) is 23.6. The Hall–Kier alpha value is -3.16. The summed E-state index contributed by atoms with van der Waals surface area (Å²) < 4.78 is 19.5. The number of hydrogen-bond donors (Lipinski definition) is 0. The molecule has 7 nitrogen and oxygen atoms in total. The van der Waals surface area contributed by atoms with Gasteiger partial charge in [-0.05, 0) is 19.9 Å². The SMILES string of the molecule is COc1cc(N2CCc3nc(-c4ncccn4)ncc3C2C)nc(F)c1C. The minimum atomic E-state index is -0.518. The molecular weight excluding hydrogens is 347 g/mol. The molecule has 1 atom stereocenters. The highest BCUT2D eigenvalue weighted by Gasteiger charge is 2.28. The Bertz CT molecular complexity index is 981. The van der Waals surface area contributed by atoms with Crippen molar-refractivity contribution in [3.63, 3.8) is 0 Å². The zero-order valence-corrected chi connectivity index (χ0v) is 15.3. The molecule has 1 unspecified atom stereocenters. The number of anilines is 1. The quantitative estimate of drug-likeness (QED) is 0.660. The molecule has 0 fully saturated rings. The van der Waals surface area contributed by atoms with E-state index in [1.807, 2.05) is 11.8 Å². The van der Waals surface area contributed by atoms with Crippen molar-refractivity contribution in [2.75, 3.05) is 18.6 Å². The van der Waals surface area contributed by atoms with Crippen LogP contribution in [0, 0.1) is 12.9 Å². The largest absolute Gasteiger partial charge is 0.496 e. The second-order valence-corrected chi connectivity index (χ2v) is 6.39. The van der Waals surface area contributed by atoms with Crippen molar-refractivity contribution >= 4 is 5.82 Å². The van der Waals surface area contributed by atoms with Crippen LogP contribution < -0.4 is 9.64 Å². The fraction of sp³-hybridized carbons (Fsp3) is 0.316. The molecule has 0 saturated carbocycles. The highest BCUT2D eigenvalue weighted by atomic mass is 19.1. The lowest BCUT2D eigenvalue weighted by atomic mass is 9.99. The number of ether oxygens (including phenoxy) is 1. The second-order valence-electron chi connectivity index (χ2n) is 6.39. The standard InChI is InChI=1S/C19H19FN6O/c1-11-15(27-3)9-16(25-17(11)20)26-8-5-14-13(12(26)2)10-23-19(24-14)18-21-6-4-7-22-18/h4,6-7,9-10,12H,5,8H2,1-3H3. The normalized spacial score (nSPS) is 16.1. The van der Waals surface area contributed by atoms with E-state index in [4.69, 9.17) is 4.74 Å². The van der Waals surface area contributed by atoms with Crippen molar-refractivity contribution in [2.24, 2.45) is 0 Å². The van der Waals surface area contributed by atoms with Gasteiger partial charge in [0.2, 0.25) is 5.95 Å². The minimum Gasteiger partial charge on any atom is -0.496 e. The summed E-state index contributed by atoms with van der Waals surface area (Å²) in [5.74, 6) is 1.53. The maximum absolute atomic E-state index is 14.2. The Labute approximate surface area is 156 Å². The van der Waals surface area contributed by atoms with Gasteiger partial charge < -0.3 is 9.64 Å². The lowest BCUT2D eigenvalue weighted by Gasteiger charge is -2.35. The fourth-order valence-electron chi connectivity index (χ4n) is 3.30. The minimum absolute atomic E-state index is 0.0428. The molecular formula is C19H19FN6O. The van der Waals surface area contributed by atoms with E-state index >= 15 is 0 Å². The van der Waals surface area contributed by atoms with Gasteiger partial charge in [-0.3, -0.25) is 0 Å². The number of rotatable bonds is 3. The molecule has 8 heteroatoms. The third-order valence-electron chi connectivity index (χ3n) is 4.84. The molecule has 1 aliphatic heterocycles. The van der Waals surface area contributed by atoms with Crippen LogP contribution in [0.4, 0.5) is 10.2 Å². The van der Waals surface area contributed by atoms with E-state index in [0.29, 0.717) is 41.7 Å². The smallest absolute Gasteiger partial charge is 0.221 e. The molecule has 1 aliphatic rings. The summed E-state index contributed by atoms with van der Waals surface area (Å²) >= 11 is 0. The average molecular weight is 366 g/mol. The first-order chi connectivity index (χ1) is 13.1. The van der Waals surface area contributed by atoms with Gasteiger partial charge in [0.1, 0.15) is 11.6 Å². The molecule has 3 aromatic rings. The predicted molar refractivity (Wildman–Crippen MR) is 98.0 cm³/mol. The lowest BCUT2D eigenvalue weighted by molar-refractivity contribution is 0.403. The molecule has 138 valence electrons. The Morgan fingerprint density at radius 2 is 1.93 bits per heavy atom. The zero-order chi connectivity index (χ0) is 19.0. The maximum Gasteiger partial charge on any atom is 0.221 e. The van der Waals surface area contributed by atoms with E-state index in [0.717, 1.165) is 11.3 Å². The van der Waals surface area contributed by atoms with Gasteiger partial charge in [0.05, 0.1) is 18.8 Å². The predicted octanol–water partition coefficient (Wildman–Crippen LogP) is 2.91. The molecule has 0 saturated heterocycles. The second kappa shape index (κ2) is 6.86. The average Bonchev–Trinajstić information content (AvgIpc) is 2.70. The summed E-state index contributed by atoms with van der Waals surface area (Å²) in [6, 6.07) is 3.48. The van der Waals surface area contributed by atoms with E-state index in [-0.39, 0.29) is 6.04 Å². The first-order valence-electron chi connectivity index (χ1n) is 8.69. The highest BCUT2D eigenvalue weighted by Crippen LogP contribution is 2.34. The first kappa shape index (κ1) is 17.3. The van der Waals surface area contributed by atoms with Crippen LogP contribution in [0.2, 0.25) is 0 Å². The van der Waals surface area contributed by atoms with Crippen molar-refractivity contribution in [2.45, 2.75) is 26.3 Å². The van der Waals surface area contributed by atoms with Gasteiger partial charge in [-0.15, -0.1) is 0 Å². The summed E-state index contributed by atoms with van der Waals surface area (Å²) in [6.45, 7) is 4.35. The van der Waals surface area contributed by atoms with Crippen LogP contribution in [0.3, 0.4) is 0 Å². The van der Waals surface area contributed by atoms with Crippen LogP contribution in [0.1, 0.15) is 29.8 Å². The summed E-state index contributed by atoms with van der Waals surface area (Å²) in [5, 5.41) is 0. The van der Waals surface area contributed by atoms with E-state index in [1.165, 1.54) is 7.11 Å². The molecule has 27 heavy (non-hydrogen) atoms. The van der Waals surface area contributed by atoms with E-state index in [2.05, 4.69) is 24.9 Å². The molecule has 0 radical (unpaired) electrons. The van der Waals surface area contributed by atoms with Gasteiger partial charge in [0.15, 0.2) is 11.6 Å². The maximum atomic E-state index is 14.2. The summed E-state index contributed by atoms with van der Waals surface area (Å²) in [5.41, 5.74) is 2.35. The highest BCUT2D eigenvalue weighted by molar-refractivity contribution is 5.52. The van der Waals surface area contributed by atoms with Crippen molar-refractivity contribution in [1.29, 1.82) is 0 Å². The fourth-order valence-corrected chi connectivity index (χ4v) is 3.30.